The molecule has 0 radical (unpaired) electrons. The summed E-state index contributed by atoms with van der Waals surface area (Å²) in [6, 6.07) is 3.34. The van der Waals surface area contributed by atoms with Crippen molar-refractivity contribution in [2.24, 2.45) is 5.41 Å². The number of hydrogen-bond donors (Lipinski definition) is 0. The summed E-state index contributed by atoms with van der Waals surface area (Å²) in [7, 11) is 0. The van der Waals surface area contributed by atoms with E-state index in [1.54, 1.807) is 17.3 Å². The molecule has 21 heavy (non-hydrogen) atoms. The van der Waals surface area contributed by atoms with Crippen molar-refractivity contribution in [3.8, 4) is 6.07 Å². The SMILES string of the molecule is CC1(C(F)F)CN2CC[C@@H](c3cncc(C#N)c3)N2C1=O. The zero-order valence-electron chi connectivity index (χ0n) is 11.5. The van der Waals surface area contributed by atoms with E-state index in [0.29, 0.717) is 24.1 Å². The number of pyridine rings is 1. The minimum Gasteiger partial charge on any atom is -0.272 e. The molecule has 0 bridgehead atoms. The van der Waals surface area contributed by atoms with Crippen LogP contribution in [0, 0.1) is 16.7 Å². The second-order valence-electron chi connectivity index (χ2n) is 5.68. The molecule has 0 spiro atoms. The van der Waals surface area contributed by atoms with Gasteiger partial charge >= 0.3 is 0 Å². The van der Waals surface area contributed by atoms with E-state index in [9.17, 15) is 13.6 Å². The van der Waals surface area contributed by atoms with E-state index in [2.05, 4.69) is 4.98 Å². The molecule has 1 aromatic heterocycles. The van der Waals surface area contributed by atoms with E-state index in [-0.39, 0.29) is 12.6 Å². The fourth-order valence-electron chi connectivity index (χ4n) is 3.00. The van der Waals surface area contributed by atoms with Crippen LogP contribution in [0.15, 0.2) is 18.5 Å². The summed E-state index contributed by atoms with van der Waals surface area (Å²) in [5.74, 6) is -0.553. The first-order chi connectivity index (χ1) is 9.97. The monoisotopic (exact) mass is 292 g/mol. The third-order valence-corrected chi connectivity index (χ3v) is 4.22. The third kappa shape index (κ3) is 1.98. The van der Waals surface area contributed by atoms with Gasteiger partial charge in [0.05, 0.1) is 11.6 Å². The molecule has 1 unspecified atom stereocenters. The van der Waals surface area contributed by atoms with Crippen molar-refractivity contribution in [3.63, 3.8) is 0 Å². The Morgan fingerprint density at radius 3 is 2.95 bits per heavy atom. The Hall–Kier alpha value is -2.07. The molecule has 1 aromatic rings. The van der Waals surface area contributed by atoms with Gasteiger partial charge in [0.1, 0.15) is 11.5 Å². The highest BCUT2D eigenvalue weighted by Gasteiger charge is 2.57. The highest BCUT2D eigenvalue weighted by molar-refractivity contribution is 5.85. The average molecular weight is 292 g/mol. The van der Waals surface area contributed by atoms with E-state index in [4.69, 9.17) is 5.26 Å². The topological polar surface area (TPSA) is 60.2 Å². The predicted molar refractivity (Wildman–Crippen MR) is 68.8 cm³/mol. The van der Waals surface area contributed by atoms with Crippen LogP contribution in [-0.2, 0) is 4.79 Å². The molecule has 2 atom stereocenters. The number of hydrazine groups is 1. The number of amides is 1. The number of alkyl halides is 2. The number of fused-ring (bicyclic) bond motifs is 1. The minimum absolute atomic E-state index is 0.0331. The van der Waals surface area contributed by atoms with Crippen LogP contribution in [0.5, 0.6) is 0 Å². The molecule has 3 heterocycles. The molecule has 1 amide bonds. The van der Waals surface area contributed by atoms with Crippen LogP contribution in [0.1, 0.15) is 30.5 Å². The highest BCUT2D eigenvalue weighted by Crippen LogP contribution is 2.44. The molecule has 2 saturated heterocycles. The zero-order chi connectivity index (χ0) is 15.2. The number of carbonyl (C=O) groups is 1. The highest BCUT2D eigenvalue weighted by atomic mass is 19.3. The van der Waals surface area contributed by atoms with Gasteiger partial charge < -0.3 is 0 Å². The second-order valence-corrected chi connectivity index (χ2v) is 5.68. The lowest BCUT2D eigenvalue weighted by Crippen LogP contribution is -2.39. The molecule has 110 valence electrons. The Kier molecular flexibility index (Phi) is 3.14. The Morgan fingerprint density at radius 2 is 2.29 bits per heavy atom. The number of hydrogen-bond acceptors (Lipinski definition) is 4. The molecular formula is C14H14F2N4O. The summed E-state index contributed by atoms with van der Waals surface area (Å²) >= 11 is 0. The van der Waals surface area contributed by atoms with Crippen LogP contribution >= 0.6 is 0 Å². The van der Waals surface area contributed by atoms with Crippen molar-refractivity contribution >= 4 is 5.91 Å². The van der Waals surface area contributed by atoms with Crippen LogP contribution < -0.4 is 0 Å². The number of aromatic nitrogens is 1. The van der Waals surface area contributed by atoms with Crippen molar-refractivity contribution in [3.05, 3.63) is 29.6 Å². The van der Waals surface area contributed by atoms with E-state index in [0.717, 1.165) is 0 Å². The summed E-state index contributed by atoms with van der Waals surface area (Å²) < 4.78 is 26.4. The molecule has 0 N–H and O–H groups in total. The molecule has 5 nitrogen and oxygen atoms in total. The summed E-state index contributed by atoms with van der Waals surface area (Å²) in [4.78, 5) is 16.4. The van der Waals surface area contributed by atoms with Crippen LogP contribution in [0.25, 0.3) is 0 Å². The van der Waals surface area contributed by atoms with Gasteiger partial charge in [0, 0.05) is 25.5 Å². The van der Waals surface area contributed by atoms with Gasteiger partial charge in [0.2, 0.25) is 0 Å². The molecule has 0 aliphatic carbocycles. The molecule has 3 rings (SSSR count). The van der Waals surface area contributed by atoms with E-state index >= 15 is 0 Å². The van der Waals surface area contributed by atoms with E-state index < -0.39 is 17.7 Å². The first-order valence-corrected chi connectivity index (χ1v) is 6.69. The van der Waals surface area contributed by atoms with Gasteiger partial charge in [-0.3, -0.25) is 14.8 Å². The maximum Gasteiger partial charge on any atom is 0.254 e. The quantitative estimate of drug-likeness (QED) is 0.833. The number of carbonyl (C=O) groups excluding carboxylic acids is 1. The van der Waals surface area contributed by atoms with Crippen molar-refractivity contribution in [1.82, 2.24) is 15.0 Å². The molecule has 0 saturated carbocycles. The Balaban J connectivity index is 1.94. The predicted octanol–water partition coefficient (Wildman–Crippen LogP) is 1.73. The third-order valence-electron chi connectivity index (χ3n) is 4.22. The van der Waals surface area contributed by atoms with Crippen molar-refractivity contribution < 1.29 is 13.6 Å². The van der Waals surface area contributed by atoms with E-state index in [1.807, 2.05) is 6.07 Å². The summed E-state index contributed by atoms with van der Waals surface area (Å²) in [6.45, 7) is 1.89. The number of rotatable bonds is 2. The Labute approximate surface area is 120 Å². The molecule has 0 aromatic carbocycles. The van der Waals surface area contributed by atoms with Crippen LogP contribution in [0.4, 0.5) is 8.78 Å². The molecular weight excluding hydrogens is 278 g/mol. The number of nitrogens with zero attached hydrogens (tertiary/aromatic N) is 4. The lowest BCUT2D eigenvalue weighted by molar-refractivity contribution is -0.147. The van der Waals surface area contributed by atoms with Crippen molar-refractivity contribution in [2.45, 2.75) is 25.8 Å². The summed E-state index contributed by atoms with van der Waals surface area (Å²) in [5, 5.41) is 12.0. The standard InChI is InChI=1S/C14H14F2N4O/c1-14(12(15)16)8-19-3-2-11(20(19)13(14)21)10-4-9(5-17)6-18-7-10/h4,6-7,11-12H,2-3,8H2,1H3/t11-,14?/m0/s1. The minimum atomic E-state index is -2.69. The fourth-order valence-corrected chi connectivity index (χ4v) is 3.00. The zero-order valence-corrected chi connectivity index (χ0v) is 11.5. The van der Waals surface area contributed by atoms with Gasteiger partial charge in [-0.1, -0.05) is 0 Å². The summed E-state index contributed by atoms with van der Waals surface area (Å²) in [6.07, 6.45) is 0.979. The number of halogens is 2. The maximum absolute atomic E-state index is 13.2. The molecule has 2 fully saturated rings. The van der Waals surface area contributed by atoms with Gasteiger partial charge in [0.15, 0.2) is 0 Å². The molecule has 7 heteroatoms. The molecule has 2 aliphatic heterocycles. The first kappa shape index (κ1) is 13.9. The largest absolute Gasteiger partial charge is 0.272 e. The van der Waals surface area contributed by atoms with Crippen LogP contribution in [0.3, 0.4) is 0 Å². The van der Waals surface area contributed by atoms with Gasteiger partial charge in [-0.05, 0) is 25.0 Å². The lowest BCUT2D eigenvalue weighted by Gasteiger charge is -2.26. The Morgan fingerprint density at radius 1 is 1.52 bits per heavy atom. The Bertz CT molecular complexity index is 630. The summed E-state index contributed by atoms with van der Waals surface area (Å²) in [5.41, 5.74) is -0.545. The van der Waals surface area contributed by atoms with Crippen molar-refractivity contribution in [2.75, 3.05) is 13.1 Å². The maximum atomic E-state index is 13.2. The van der Waals surface area contributed by atoms with Gasteiger partial charge in [0.25, 0.3) is 12.3 Å². The second kappa shape index (κ2) is 4.74. The van der Waals surface area contributed by atoms with Crippen LogP contribution in [0.2, 0.25) is 0 Å². The normalized spacial score (nSPS) is 29.0. The lowest BCUT2D eigenvalue weighted by atomic mass is 9.90. The van der Waals surface area contributed by atoms with Gasteiger partial charge in [-0.2, -0.15) is 5.26 Å². The van der Waals surface area contributed by atoms with Crippen molar-refractivity contribution in [1.29, 1.82) is 5.26 Å². The molecule has 2 aliphatic rings. The fraction of sp³-hybridized carbons (Fsp3) is 0.500. The smallest absolute Gasteiger partial charge is 0.254 e. The van der Waals surface area contributed by atoms with Gasteiger partial charge in [-0.15, -0.1) is 0 Å². The van der Waals surface area contributed by atoms with Gasteiger partial charge in [-0.25, -0.2) is 13.8 Å². The van der Waals surface area contributed by atoms with E-state index in [1.165, 1.54) is 18.1 Å². The number of nitriles is 1. The average Bonchev–Trinajstić information content (AvgIpc) is 2.99. The first-order valence-electron chi connectivity index (χ1n) is 6.69. The van der Waals surface area contributed by atoms with Crippen LogP contribution in [-0.4, -0.2) is 40.4 Å².